The topological polar surface area (TPSA) is 86.7 Å². The van der Waals surface area contributed by atoms with E-state index in [2.05, 4.69) is 41.1 Å². The Morgan fingerprint density at radius 3 is 2.65 bits per heavy atom. The smallest absolute Gasteiger partial charge is 0.204 e. The number of imidazole rings is 2. The number of hydrogen-bond acceptors (Lipinski definition) is 6. The Morgan fingerprint density at radius 1 is 0.973 bits per heavy atom. The van der Waals surface area contributed by atoms with Crippen LogP contribution in [0.4, 0.5) is 16.3 Å². The summed E-state index contributed by atoms with van der Waals surface area (Å²) in [5.74, 6) is 1.47. The van der Waals surface area contributed by atoms with Gasteiger partial charge in [-0.1, -0.05) is 24.3 Å². The molecule has 1 aliphatic heterocycles. The zero-order valence-corrected chi connectivity index (χ0v) is 20.7. The fourth-order valence-electron chi connectivity index (χ4n) is 5.05. The molecule has 0 unspecified atom stereocenters. The molecule has 4 heterocycles. The first-order valence-electron chi connectivity index (χ1n) is 12.9. The summed E-state index contributed by atoms with van der Waals surface area (Å²) in [4.78, 5) is 19.4. The molecule has 0 atom stereocenters. The van der Waals surface area contributed by atoms with Crippen LogP contribution in [0.15, 0.2) is 67.0 Å². The summed E-state index contributed by atoms with van der Waals surface area (Å²) in [5, 5.41) is 7.11. The van der Waals surface area contributed by atoms with Crippen LogP contribution in [0, 0.1) is 5.82 Å². The zero-order valence-electron chi connectivity index (χ0n) is 20.7. The first kappa shape index (κ1) is 23.4. The van der Waals surface area contributed by atoms with Crippen LogP contribution >= 0.6 is 0 Å². The molecule has 0 aliphatic carbocycles. The molecule has 3 aromatic heterocycles. The summed E-state index contributed by atoms with van der Waals surface area (Å²) in [7, 11) is 0. The number of hydrogen-bond donors (Lipinski definition) is 3. The molecule has 5 aromatic rings. The molecule has 190 valence electrons. The monoisotopic (exact) mass is 498 g/mol. The van der Waals surface area contributed by atoms with Gasteiger partial charge in [0.1, 0.15) is 5.82 Å². The number of para-hydroxylation sites is 2. The molecule has 2 aromatic carbocycles. The van der Waals surface area contributed by atoms with Gasteiger partial charge in [0.25, 0.3) is 0 Å². The van der Waals surface area contributed by atoms with Crippen LogP contribution < -0.4 is 10.6 Å². The maximum absolute atomic E-state index is 13.4. The zero-order chi connectivity index (χ0) is 25.0. The summed E-state index contributed by atoms with van der Waals surface area (Å²) >= 11 is 0. The number of piperidine rings is 1. The van der Waals surface area contributed by atoms with E-state index < -0.39 is 0 Å². The Bertz CT molecular complexity index is 1430. The number of likely N-dealkylation sites (tertiary alicyclic amines) is 1. The molecule has 8 nitrogen and oxygen atoms in total. The van der Waals surface area contributed by atoms with Crippen molar-refractivity contribution in [3.05, 3.63) is 78.4 Å². The molecular formula is C28H31FN8. The average molecular weight is 499 g/mol. The average Bonchev–Trinajstić information content (AvgIpc) is 3.50. The molecule has 1 saturated heterocycles. The van der Waals surface area contributed by atoms with Crippen molar-refractivity contribution in [1.82, 2.24) is 29.4 Å². The van der Waals surface area contributed by atoms with Crippen LogP contribution in [0.3, 0.4) is 0 Å². The minimum absolute atomic E-state index is 0.216. The van der Waals surface area contributed by atoms with Crippen molar-refractivity contribution in [2.75, 3.05) is 36.8 Å². The van der Waals surface area contributed by atoms with Crippen molar-refractivity contribution in [1.29, 1.82) is 0 Å². The second kappa shape index (κ2) is 10.6. The van der Waals surface area contributed by atoms with Gasteiger partial charge in [-0.2, -0.15) is 0 Å². The number of H-pyrrole nitrogens is 1. The summed E-state index contributed by atoms with van der Waals surface area (Å²) in [5.41, 5.74) is 4.98. The van der Waals surface area contributed by atoms with Crippen LogP contribution in [0.5, 0.6) is 0 Å². The first-order valence-corrected chi connectivity index (χ1v) is 12.9. The number of benzene rings is 2. The van der Waals surface area contributed by atoms with Gasteiger partial charge in [-0.15, -0.1) is 0 Å². The summed E-state index contributed by atoms with van der Waals surface area (Å²) in [6.45, 7) is 4.71. The van der Waals surface area contributed by atoms with Gasteiger partial charge in [0.15, 0.2) is 0 Å². The molecule has 1 fully saturated rings. The van der Waals surface area contributed by atoms with E-state index in [-0.39, 0.29) is 5.82 Å². The minimum Gasteiger partial charge on any atom is -0.356 e. The van der Waals surface area contributed by atoms with Gasteiger partial charge in [0, 0.05) is 31.9 Å². The van der Waals surface area contributed by atoms with E-state index in [9.17, 15) is 4.39 Å². The number of halogens is 1. The molecule has 3 N–H and O–H groups in total. The number of aromatic amines is 1. The third kappa shape index (κ3) is 5.41. The molecule has 0 amide bonds. The van der Waals surface area contributed by atoms with Crippen LogP contribution in [0.2, 0.25) is 0 Å². The number of nitrogens with one attached hydrogen (secondary N) is 3. The summed E-state index contributed by atoms with van der Waals surface area (Å²) in [6, 6.07) is 17.2. The lowest BCUT2D eigenvalue weighted by atomic mass is 10.1. The molecule has 1 aliphatic rings. The molecule has 0 spiro atoms. The van der Waals surface area contributed by atoms with Gasteiger partial charge in [0.05, 0.1) is 34.8 Å². The number of fused-ring (bicyclic) bond motifs is 2. The van der Waals surface area contributed by atoms with E-state index >= 15 is 0 Å². The molecule has 6 rings (SSSR count). The highest BCUT2D eigenvalue weighted by atomic mass is 19.1. The third-order valence-corrected chi connectivity index (χ3v) is 7.06. The normalized spacial score (nSPS) is 14.9. The van der Waals surface area contributed by atoms with Crippen LogP contribution in [-0.4, -0.2) is 61.6 Å². The van der Waals surface area contributed by atoms with Crippen molar-refractivity contribution < 1.29 is 4.39 Å². The van der Waals surface area contributed by atoms with Gasteiger partial charge < -0.3 is 25.1 Å². The Balaban J connectivity index is 1.02. The Kier molecular flexibility index (Phi) is 6.68. The van der Waals surface area contributed by atoms with E-state index in [0.717, 1.165) is 85.0 Å². The standard InChI is InChI=1S/C28H31FN8/c29-21-8-6-20(7-9-21)19-37-26-5-2-1-4-24(26)35-28(37)32-22-11-16-36(17-12-22)15-3-13-31-27-33-23-10-14-30-18-25(23)34-27/h1-2,4-10,14,18,22H,3,11-13,15-17,19H2,(H,32,35)(H2,31,33,34). The number of nitrogens with zero attached hydrogens (tertiary/aromatic N) is 5. The SMILES string of the molecule is Fc1ccc(Cn2c(NC3CCN(CCCNc4nc5ccncc5[nH]4)CC3)nc3ccccc32)cc1. The number of rotatable bonds is 9. The quantitative estimate of drug-likeness (QED) is 0.251. The van der Waals surface area contributed by atoms with Crippen molar-refractivity contribution >= 4 is 34.0 Å². The molecule has 0 radical (unpaired) electrons. The van der Waals surface area contributed by atoms with Gasteiger partial charge in [-0.25, -0.2) is 14.4 Å². The largest absolute Gasteiger partial charge is 0.356 e. The fraction of sp³-hybridized carbons (Fsp3) is 0.321. The van der Waals surface area contributed by atoms with Crippen LogP contribution in [-0.2, 0) is 6.54 Å². The van der Waals surface area contributed by atoms with Gasteiger partial charge in [-0.05, 0) is 61.7 Å². The molecule has 0 bridgehead atoms. The highest BCUT2D eigenvalue weighted by Gasteiger charge is 2.21. The van der Waals surface area contributed by atoms with Crippen LogP contribution in [0.25, 0.3) is 22.1 Å². The van der Waals surface area contributed by atoms with Crippen molar-refractivity contribution in [2.45, 2.75) is 31.8 Å². The van der Waals surface area contributed by atoms with Crippen LogP contribution in [0.1, 0.15) is 24.8 Å². The lowest BCUT2D eigenvalue weighted by molar-refractivity contribution is 0.218. The van der Waals surface area contributed by atoms with E-state index in [1.807, 2.05) is 36.4 Å². The fourth-order valence-corrected chi connectivity index (χ4v) is 5.05. The predicted octanol–water partition coefficient (Wildman–Crippen LogP) is 4.87. The van der Waals surface area contributed by atoms with E-state index in [1.54, 1.807) is 12.4 Å². The van der Waals surface area contributed by atoms with E-state index in [0.29, 0.717) is 12.6 Å². The molecule has 9 heteroatoms. The molecular weight excluding hydrogens is 467 g/mol. The number of anilines is 2. The first-order chi connectivity index (χ1) is 18.2. The van der Waals surface area contributed by atoms with Gasteiger partial charge in [0.2, 0.25) is 11.9 Å². The Hall–Kier alpha value is -3.98. The van der Waals surface area contributed by atoms with Gasteiger partial charge >= 0.3 is 0 Å². The highest BCUT2D eigenvalue weighted by molar-refractivity contribution is 5.79. The number of pyridine rings is 1. The van der Waals surface area contributed by atoms with Gasteiger partial charge in [-0.3, -0.25) is 4.98 Å². The Morgan fingerprint density at radius 2 is 1.81 bits per heavy atom. The van der Waals surface area contributed by atoms with Crippen molar-refractivity contribution in [2.24, 2.45) is 0 Å². The predicted molar refractivity (Wildman–Crippen MR) is 145 cm³/mol. The highest BCUT2D eigenvalue weighted by Crippen LogP contribution is 2.24. The lowest BCUT2D eigenvalue weighted by Gasteiger charge is -2.32. The summed E-state index contributed by atoms with van der Waals surface area (Å²) in [6.07, 6.45) is 6.75. The van der Waals surface area contributed by atoms with Crippen molar-refractivity contribution in [3.63, 3.8) is 0 Å². The van der Waals surface area contributed by atoms with E-state index in [4.69, 9.17) is 4.98 Å². The number of aromatic nitrogens is 5. The maximum atomic E-state index is 13.4. The summed E-state index contributed by atoms with van der Waals surface area (Å²) < 4.78 is 15.6. The second-order valence-corrected chi connectivity index (χ2v) is 9.66. The molecule has 0 saturated carbocycles. The van der Waals surface area contributed by atoms with Crippen molar-refractivity contribution in [3.8, 4) is 0 Å². The Labute approximate surface area is 214 Å². The third-order valence-electron chi connectivity index (χ3n) is 7.06. The lowest BCUT2D eigenvalue weighted by Crippen LogP contribution is -2.40. The minimum atomic E-state index is -0.216. The maximum Gasteiger partial charge on any atom is 0.204 e. The van der Waals surface area contributed by atoms with E-state index in [1.165, 1.54) is 12.1 Å². The molecule has 37 heavy (non-hydrogen) atoms. The second-order valence-electron chi connectivity index (χ2n) is 9.66.